The summed E-state index contributed by atoms with van der Waals surface area (Å²) < 4.78 is 0. The Morgan fingerprint density at radius 2 is 2.13 bits per heavy atom. The quantitative estimate of drug-likeness (QED) is 0.808. The number of hydrogen-bond donors (Lipinski definition) is 2. The monoisotopic (exact) mass is 318 g/mol. The minimum Gasteiger partial charge on any atom is -0.396 e. The second-order valence-corrected chi connectivity index (χ2v) is 6.54. The van der Waals surface area contributed by atoms with Crippen LogP contribution < -0.4 is 5.32 Å². The van der Waals surface area contributed by atoms with Gasteiger partial charge < -0.3 is 15.3 Å². The lowest BCUT2D eigenvalue weighted by atomic mass is 9.88. The summed E-state index contributed by atoms with van der Waals surface area (Å²) >= 11 is 0. The minimum atomic E-state index is 0.0484. The smallest absolute Gasteiger partial charge is 0.317 e. The SMILES string of the molecule is CCC(c1ccccc1)C1CCCN1C(=O)NC(C)CCCO. The first kappa shape index (κ1) is 17.8. The molecule has 4 nitrogen and oxygen atoms in total. The highest BCUT2D eigenvalue weighted by molar-refractivity contribution is 5.75. The van der Waals surface area contributed by atoms with Crippen LogP contribution in [0.25, 0.3) is 0 Å². The Morgan fingerprint density at radius 1 is 1.39 bits per heavy atom. The normalized spacial score (nSPS) is 20.3. The molecular weight excluding hydrogens is 288 g/mol. The van der Waals surface area contributed by atoms with E-state index in [1.807, 2.05) is 17.9 Å². The van der Waals surface area contributed by atoms with Crippen LogP contribution in [-0.4, -0.2) is 41.3 Å². The fourth-order valence-corrected chi connectivity index (χ4v) is 3.66. The van der Waals surface area contributed by atoms with Gasteiger partial charge in [-0.25, -0.2) is 4.79 Å². The van der Waals surface area contributed by atoms with Crippen molar-refractivity contribution in [2.75, 3.05) is 13.2 Å². The molecule has 128 valence electrons. The van der Waals surface area contributed by atoms with Crippen LogP contribution in [0.2, 0.25) is 0 Å². The zero-order chi connectivity index (χ0) is 16.7. The molecule has 4 heteroatoms. The van der Waals surface area contributed by atoms with E-state index >= 15 is 0 Å². The summed E-state index contributed by atoms with van der Waals surface area (Å²) in [5.74, 6) is 0.400. The van der Waals surface area contributed by atoms with E-state index in [-0.39, 0.29) is 24.7 Å². The number of urea groups is 1. The highest BCUT2D eigenvalue weighted by atomic mass is 16.3. The van der Waals surface area contributed by atoms with E-state index in [9.17, 15) is 4.79 Å². The maximum absolute atomic E-state index is 12.6. The zero-order valence-electron chi connectivity index (χ0n) is 14.4. The van der Waals surface area contributed by atoms with Crippen molar-refractivity contribution in [3.8, 4) is 0 Å². The van der Waals surface area contributed by atoms with Gasteiger partial charge in [-0.2, -0.15) is 0 Å². The van der Waals surface area contributed by atoms with E-state index in [0.717, 1.165) is 38.6 Å². The molecule has 0 aromatic heterocycles. The van der Waals surface area contributed by atoms with Crippen molar-refractivity contribution in [3.05, 3.63) is 35.9 Å². The van der Waals surface area contributed by atoms with Gasteiger partial charge in [-0.05, 0) is 44.6 Å². The van der Waals surface area contributed by atoms with Crippen LogP contribution in [0.4, 0.5) is 4.79 Å². The fourth-order valence-electron chi connectivity index (χ4n) is 3.66. The molecule has 0 spiro atoms. The highest BCUT2D eigenvalue weighted by Crippen LogP contribution is 2.33. The average molecular weight is 318 g/mol. The summed E-state index contributed by atoms with van der Waals surface area (Å²) in [4.78, 5) is 14.7. The molecule has 1 heterocycles. The van der Waals surface area contributed by atoms with Gasteiger partial charge in [0.2, 0.25) is 0 Å². The standard InChI is InChI=1S/C19H30N2O2/c1-3-17(16-10-5-4-6-11-16)18-12-7-13-21(18)19(23)20-15(2)9-8-14-22/h4-6,10-11,15,17-18,22H,3,7-9,12-14H2,1-2H3,(H,20,23). The number of rotatable bonds is 7. The van der Waals surface area contributed by atoms with Gasteiger partial charge in [-0.1, -0.05) is 37.3 Å². The Hall–Kier alpha value is -1.55. The van der Waals surface area contributed by atoms with Crippen molar-refractivity contribution in [2.24, 2.45) is 0 Å². The van der Waals surface area contributed by atoms with Gasteiger partial charge in [0.1, 0.15) is 0 Å². The molecule has 23 heavy (non-hydrogen) atoms. The summed E-state index contributed by atoms with van der Waals surface area (Å²) in [6.07, 6.45) is 4.74. The maximum atomic E-state index is 12.6. The highest BCUT2D eigenvalue weighted by Gasteiger charge is 2.34. The number of carbonyl (C=O) groups excluding carboxylic acids is 1. The molecule has 1 aliphatic heterocycles. The number of aliphatic hydroxyl groups is 1. The van der Waals surface area contributed by atoms with Gasteiger partial charge in [0.05, 0.1) is 0 Å². The minimum absolute atomic E-state index is 0.0484. The molecule has 1 aliphatic rings. The topological polar surface area (TPSA) is 52.6 Å². The molecule has 1 fully saturated rings. The molecule has 1 aromatic carbocycles. The second kappa shape index (κ2) is 8.92. The van der Waals surface area contributed by atoms with Gasteiger partial charge >= 0.3 is 6.03 Å². The summed E-state index contributed by atoms with van der Waals surface area (Å²) in [5, 5.41) is 12.0. The Morgan fingerprint density at radius 3 is 2.78 bits per heavy atom. The largest absolute Gasteiger partial charge is 0.396 e. The van der Waals surface area contributed by atoms with Crippen molar-refractivity contribution in [1.29, 1.82) is 0 Å². The predicted molar refractivity (Wildman–Crippen MR) is 93.5 cm³/mol. The van der Waals surface area contributed by atoms with Gasteiger partial charge in [0.25, 0.3) is 0 Å². The molecule has 3 unspecified atom stereocenters. The third-order valence-electron chi connectivity index (χ3n) is 4.86. The molecule has 0 aliphatic carbocycles. The number of nitrogens with one attached hydrogen (secondary N) is 1. The molecule has 0 saturated carbocycles. The third kappa shape index (κ3) is 4.71. The van der Waals surface area contributed by atoms with Crippen LogP contribution in [-0.2, 0) is 0 Å². The van der Waals surface area contributed by atoms with E-state index in [0.29, 0.717) is 5.92 Å². The van der Waals surface area contributed by atoms with E-state index < -0.39 is 0 Å². The molecule has 2 N–H and O–H groups in total. The summed E-state index contributed by atoms with van der Waals surface area (Å²) in [5.41, 5.74) is 1.33. The molecule has 3 atom stereocenters. The van der Waals surface area contributed by atoms with Crippen LogP contribution in [0.15, 0.2) is 30.3 Å². The van der Waals surface area contributed by atoms with Crippen molar-refractivity contribution in [2.45, 2.75) is 64.0 Å². The van der Waals surface area contributed by atoms with Crippen molar-refractivity contribution < 1.29 is 9.90 Å². The first-order chi connectivity index (χ1) is 11.2. The average Bonchev–Trinajstić information content (AvgIpc) is 3.04. The molecule has 1 aromatic rings. The number of aliphatic hydroxyl groups excluding tert-OH is 1. The lowest BCUT2D eigenvalue weighted by molar-refractivity contribution is 0.179. The van der Waals surface area contributed by atoms with Crippen molar-refractivity contribution in [3.63, 3.8) is 0 Å². The Balaban J connectivity index is 2.02. The van der Waals surface area contributed by atoms with Gasteiger partial charge in [0, 0.05) is 31.2 Å². The van der Waals surface area contributed by atoms with E-state index in [2.05, 4.69) is 36.5 Å². The first-order valence-corrected chi connectivity index (χ1v) is 8.90. The van der Waals surface area contributed by atoms with Gasteiger partial charge in [-0.15, -0.1) is 0 Å². The Labute approximate surface area is 139 Å². The molecule has 1 saturated heterocycles. The van der Waals surface area contributed by atoms with Gasteiger partial charge in [-0.3, -0.25) is 0 Å². The number of likely N-dealkylation sites (tertiary alicyclic amines) is 1. The second-order valence-electron chi connectivity index (χ2n) is 6.54. The molecular formula is C19H30N2O2. The number of carbonyl (C=O) groups is 1. The molecule has 0 radical (unpaired) electrons. The summed E-state index contributed by atoms with van der Waals surface area (Å²) in [6.45, 7) is 5.23. The predicted octanol–water partition coefficient (Wildman–Crippen LogP) is 3.52. The third-order valence-corrected chi connectivity index (χ3v) is 4.86. The molecule has 0 bridgehead atoms. The van der Waals surface area contributed by atoms with Crippen LogP contribution in [0.1, 0.15) is 57.4 Å². The number of benzene rings is 1. The van der Waals surface area contributed by atoms with E-state index in [1.165, 1.54) is 5.56 Å². The molecule has 2 amide bonds. The number of hydrogen-bond acceptors (Lipinski definition) is 2. The summed E-state index contributed by atoms with van der Waals surface area (Å²) in [7, 11) is 0. The van der Waals surface area contributed by atoms with Crippen LogP contribution >= 0.6 is 0 Å². The fraction of sp³-hybridized carbons (Fsp3) is 0.632. The maximum Gasteiger partial charge on any atom is 0.317 e. The zero-order valence-corrected chi connectivity index (χ0v) is 14.4. The van der Waals surface area contributed by atoms with Crippen molar-refractivity contribution >= 4 is 6.03 Å². The Kier molecular flexibility index (Phi) is 6.90. The van der Waals surface area contributed by atoms with E-state index in [1.54, 1.807) is 0 Å². The van der Waals surface area contributed by atoms with E-state index in [4.69, 9.17) is 5.11 Å². The number of nitrogens with zero attached hydrogens (tertiary/aromatic N) is 1. The van der Waals surface area contributed by atoms with Crippen LogP contribution in [0.5, 0.6) is 0 Å². The Bertz CT molecular complexity index is 478. The molecule has 2 rings (SSSR count). The van der Waals surface area contributed by atoms with Crippen LogP contribution in [0, 0.1) is 0 Å². The van der Waals surface area contributed by atoms with Crippen LogP contribution in [0.3, 0.4) is 0 Å². The number of amides is 2. The summed E-state index contributed by atoms with van der Waals surface area (Å²) in [6, 6.07) is 11.0. The first-order valence-electron chi connectivity index (χ1n) is 8.90. The van der Waals surface area contributed by atoms with Crippen molar-refractivity contribution in [1.82, 2.24) is 10.2 Å². The lowest BCUT2D eigenvalue weighted by Gasteiger charge is -2.32. The van der Waals surface area contributed by atoms with Gasteiger partial charge in [0.15, 0.2) is 0 Å². The lowest BCUT2D eigenvalue weighted by Crippen LogP contribution is -2.47.